The third kappa shape index (κ3) is 6.10. The standard InChI is InChI=1S/C25H25N5OS/c26-17-21-10-11-27-25(16-21)32-19-24(31)28-22-6-8-23(9-7-22)30-14-12-29(13-15-30)18-20-4-2-1-3-5-20/h1-11,16H,12-15,18-19H2,(H,28,31). The molecule has 7 heteroatoms. The van der Waals surface area contributed by atoms with Gasteiger partial charge in [-0.1, -0.05) is 42.1 Å². The molecule has 2 heterocycles. The second-order valence-electron chi connectivity index (χ2n) is 7.63. The van der Waals surface area contributed by atoms with Gasteiger partial charge in [0.2, 0.25) is 5.91 Å². The van der Waals surface area contributed by atoms with Crippen molar-refractivity contribution >= 4 is 29.0 Å². The Kier molecular flexibility index (Phi) is 7.38. The van der Waals surface area contributed by atoms with Crippen LogP contribution >= 0.6 is 11.8 Å². The summed E-state index contributed by atoms with van der Waals surface area (Å²) in [6.07, 6.45) is 1.58. The fraction of sp³-hybridized carbons (Fsp3) is 0.240. The molecular weight excluding hydrogens is 418 g/mol. The zero-order chi connectivity index (χ0) is 22.2. The number of benzene rings is 2. The minimum Gasteiger partial charge on any atom is -0.369 e. The van der Waals surface area contributed by atoms with Crippen molar-refractivity contribution in [3.63, 3.8) is 0 Å². The van der Waals surface area contributed by atoms with Crippen LogP contribution in [0.5, 0.6) is 0 Å². The lowest BCUT2D eigenvalue weighted by Gasteiger charge is -2.36. The first-order chi connectivity index (χ1) is 15.7. The molecule has 1 aliphatic rings. The Morgan fingerprint density at radius 2 is 1.78 bits per heavy atom. The number of pyridine rings is 1. The summed E-state index contributed by atoms with van der Waals surface area (Å²) in [4.78, 5) is 21.3. The third-order valence-electron chi connectivity index (χ3n) is 5.35. The quantitative estimate of drug-likeness (QED) is 0.557. The summed E-state index contributed by atoms with van der Waals surface area (Å²) in [5.74, 6) is 0.147. The lowest BCUT2D eigenvalue weighted by Crippen LogP contribution is -2.45. The van der Waals surface area contributed by atoms with E-state index in [0.29, 0.717) is 10.6 Å². The molecule has 32 heavy (non-hydrogen) atoms. The lowest BCUT2D eigenvalue weighted by atomic mass is 10.2. The topological polar surface area (TPSA) is 72.3 Å². The summed E-state index contributed by atoms with van der Waals surface area (Å²) >= 11 is 1.32. The number of thioether (sulfide) groups is 1. The van der Waals surface area contributed by atoms with Gasteiger partial charge in [-0.3, -0.25) is 9.69 Å². The van der Waals surface area contributed by atoms with E-state index in [9.17, 15) is 4.79 Å². The second kappa shape index (κ2) is 10.8. The molecule has 1 aromatic heterocycles. The second-order valence-corrected chi connectivity index (χ2v) is 8.62. The van der Waals surface area contributed by atoms with Gasteiger partial charge in [-0.25, -0.2) is 4.98 Å². The number of nitriles is 1. The molecule has 162 valence electrons. The number of anilines is 2. The number of amides is 1. The highest BCUT2D eigenvalue weighted by Gasteiger charge is 2.17. The van der Waals surface area contributed by atoms with Gasteiger partial charge in [0.15, 0.2) is 0 Å². The van der Waals surface area contributed by atoms with Gasteiger partial charge < -0.3 is 10.2 Å². The molecule has 1 fully saturated rings. The summed E-state index contributed by atoms with van der Waals surface area (Å²) in [5.41, 5.74) is 3.85. The minimum atomic E-state index is -0.0959. The van der Waals surface area contributed by atoms with Crippen LogP contribution in [0.15, 0.2) is 78.0 Å². The minimum absolute atomic E-state index is 0.0959. The maximum Gasteiger partial charge on any atom is 0.234 e. The van der Waals surface area contributed by atoms with E-state index in [0.717, 1.165) is 38.4 Å². The van der Waals surface area contributed by atoms with Crippen molar-refractivity contribution < 1.29 is 4.79 Å². The van der Waals surface area contributed by atoms with Crippen molar-refractivity contribution in [2.45, 2.75) is 11.6 Å². The van der Waals surface area contributed by atoms with E-state index in [2.05, 4.69) is 68.6 Å². The number of nitrogens with one attached hydrogen (secondary N) is 1. The maximum absolute atomic E-state index is 12.3. The Morgan fingerprint density at radius 3 is 2.50 bits per heavy atom. The smallest absolute Gasteiger partial charge is 0.234 e. The number of rotatable bonds is 7. The molecule has 6 nitrogen and oxygen atoms in total. The van der Waals surface area contributed by atoms with Crippen molar-refractivity contribution in [2.75, 3.05) is 42.1 Å². The van der Waals surface area contributed by atoms with Crippen LogP contribution in [-0.2, 0) is 11.3 Å². The normalized spacial score (nSPS) is 14.0. The monoisotopic (exact) mass is 443 g/mol. The number of aromatic nitrogens is 1. The van der Waals surface area contributed by atoms with Gasteiger partial charge >= 0.3 is 0 Å². The highest BCUT2D eigenvalue weighted by atomic mass is 32.2. The highest BCUT2D eigenvalue weighted by Crippen LogP contribution is 2.21. The molecule has 0 saturated carbocycles. The summed E-state index contributed by atoms with van der Waals surface area (Å²) < 4.78 is 0. The summed E-state index contributed by atoms with van der Waals surface area (Å²) in [5, 5.41) is 12.5. The molecule has 0 radical (unpaired) electrons. The van der Waals surface area contributed by atoms with Crippen LogP contribution in [0, 0.1) is 11.3 Å². The van der Waals surface area contributed by atoms with Gasteiger partial charge in [0.25, 0.3) is 0 Å². The molecule has 2 aromatic carbocycles. The van der Waals surface area contributed by atoms with Crippen LogP contribution in [0.4, 0.5) is 11.4 Å². The molecule has 1 amide bonds. The number of carbonyl (C=O) groups excluding carboxylic acids is 1. The van der Waals surface area contributed by atoms with E-state index in [1.54, 1.807) is 18.3 Å². The summed E-state index contributed by atoms with van der Waals surface area (Å²) in [7, 11) is 0. The van der Waals surface area contributed by atoms with Crippen LogP contribution in [0.25, 0.3) is 0 Å². The van der Waals surface area contributed by atoms with Crippen LogP contribution in [0.1, 0.15) is 11.1 Å². The molecule has 0 unspecified atom stereocenters. The Hall–Kier alpha value is -3.34. The molecule has 1 saturated heterocycles. The van der Waals surface area contributed by atoms with Crippen LogP contribution in [0.3, 0.4) is 0 Å². The Bertz CT molecular complexity index is 1070. The van der Waals surface area contributed by atoms with Crippen molar-refractivity contribution in [1.82, 2.24) is 9.88 Å². The predicted molar refractivity (Wildman–Crippen MR) is 129 cm³/mol. The first kappa shape index (κ1) is 21.9. The van der Waals surface area contributed by atoms with E-state index in [4.69, 9.17) is 5.26 Å². The molecule has 0 aliphatic carbocycles. The van der Waals surface area contributed by atoms with Crippen molar-refractivity contribution in [2.24, 2.45) is 0 Å². The Labute approximate surface area is 192 Å². The molecule has 0 atom stereocenters. The van der Waals surface area contributed by atoms with E-state index < -0.39 is 0 Å². The van der Waals surface area contributed by atoms with Crippen LogP contribution in [0.2, 0.25) is 0 Å². The number of carbonyl (C=O) groups is 1. The fourth-order valence-corrected chi connectivity index (χ4v) is 4.35. The van der Waals surface area contributed by atoms with Gasteiger partial charge in [0, 0.05) is 50.3 Å². The number of nitrogens with zero attached hydrogens (tertiary/aromatic N) is 4. The van der Waals surface area contributed by atoms with Crippen LogP contribution in [-0.4, -0.2) is 47.7 Å². The summed E-state index contributed by atoms with van der Waals surface area (Å²) in [6, 6.07) is 24.0. The van der Waals surface area contributed by atoms with E-state index in [1.165, 1.54) is 23.0 Å². The largest absolute Gasteiger partial charge is 0.369 e. The maximum atomic E-state index is 12.3. The first-order valence-electron chi connectivity index (χ1n) is 10.6. The van der Waals surface area contributed by atoms with E-state index >= 15 is 0 Å². The van der Waals surface area contributed by atoms with Gasteiger partial charge in [-0.15, -0.1) is 0 Å². The molecule has 1 aliphatic heterocycles. The molecule has 0 spiro atoms. The SMILES string of the molecule is N#Cc1ccnc(SCC(=O)Nc2ccc(N3CCN(Cc4ccccc4)CC3)cc2)c1. The van der Waals surface area contributed by atoms with Crippen LogP contribution < -0.4 is 10.2 Å². The average Bonchev–Trinajstić information content (AvgIpc) is 2.84. The van der Waals surface area contributed by atoms with Crippen molar-refractivity contribution in [3.05, 3.63) is 84.1 Å². The first-order valence-corrected chi connectivity index (χ1v) is 11.6. The van der Waals surface area contributed by atoms with Gasteiger partial charge in [-0.05, 0) is 42.0 Å². The fourth-order valence-electron chi connectivity index (χ4n) is 3.66. The average molecular weight is 444 g/mol. The van der Waals surface area contributed by atoms with E-state index in [1.807, 2.05) is 12.1 Å². The Balaban J connectivity index is 1.23. The molecule has 0 bridgehead atoms. The lowest BCUT2D eigenvalue weighted by molar-refractivity contribution is -0.113. The van der Waals surface area contributed by atoms with Gasteiger partial charge in [-0.2, -0.15) is 5.26 Å². The zero-order valence-corrected chi connectivity index (χ0v) is 18.6. The highest BCUT2D eigenvalue weighted by molar-refractivity contribution is 7.99. The zero-order valence-electron chi connectivity index (χ0n) is 17.8. The molecule has 1 N–H and O–H groups in total. The van der Waals surface area contributed by atoms with Gasteiger partial charge in [0.1, 0.15) is 0 Å². The van der Waals surface area contributed by atoms with Crippen molar-refractivity contribution in [3.8, 4) is 6.07 Å². The van der Waals surface area contributed by atoms with Crippen molar-refractivity contribution in [1.29, 1.82) is 5.26 Å². The third-order valence-corrected chi connectivity index (χ3v) is 6.28. The summed E-state index contributed by atoms with van der Waals surface area (Å²) in [6.45, 7) is 5.04. The number of piperazine rings is 1. The molecule has 3 aromatic rings. The van der Waals surface area contributed by atoms with E-state index in [-0.39, 0.29) is 11.7 Å². The number of hydrogen-bond donors (Lipinski definition) is 1. The molecule has 4 rings (SSSR count). The van der Waals surface area contributed by atoms with Gasteiger partial charge in [0.05, 0.1) is 22.4 Å². The Morgan fingerprint density at radius 1 is 1.03 bits per heavy atom. The predicted octanol–water partition coefficient (Wildman–Crippen LogP) is 4.01. The number of hydrogen-bond acceptors (Lipinski definition) is 6. The molecular formula is C25H25N5OS.